The molecule has 118 heavy (non-hydrogen) atoms. The summed E-state index contributed by atoms with van der Waals surface area (Å²) in [7, 11) is 0. The third-order valence-electron chi connectivity index (χ3n) is 19.2. The average molecular weight is 1680 g/mol. The van der Waals surface area contributed by atoms with Crippen LogP contribution in [0.5, 0.6) is 34.5 Å². The molecule has 0 unspecified atom stereocenters. The number of phenols is 6. The summed E-state index contributed by atoms with van der Waals surface area (Å²) in [6.45, 7) is -3.33. The number of nitrogens with zero attached hydrogens (tertiary/aromatic N) is 4. The van der Waals surface area contributed by atoms with E-state index in [4.69, 9.17) is 37.9 Å². The minimum Gasteiger partial charge on any atom is -0.504 e. The zero-order valence-corrected chi connectivity index (χ0v) is 63.2. The second kappa shape index (κ2) is 40.1. The molecular formula is C73H86N10O34S. The van der Waals surface area contributed by atoms with E-state index in [1.807, 2.05) is 0 Å². The molecule has 0 bridgehead atoms. The van der Waals surface area contributed by atoms with Gasteiger partial charge in [0.05, 0.1) is 81.8 Å². The number of β-lactam (4-membered cyclic amide) rings is 1. The van der Waals surface area contributed by atoms with E-state index in [-0.39, 0.29) is 69.4 Å². The standard InChI is InChI=1S/C73H86N10O34S/c1-31-30-118-69-50(68(104)83(69)51(31)70(105)106)79-67(103)49(32-6-3-2-4-7-32)78-48(89)9-5-8-36-24-82(81-80-36)11-13-111-15-17-112-16-14-110-12-10-74-63(99)35-20-39(54(92)45(88)23-35)66(102)77-42-29-115-72(108)40(75-64(100)37-18-33(21-43(86)52(37)90)61-59(97)57(95)55(93)46(25-84)116-61)27-113-71(107)41(28-114-73(42)109)76-65(101)38-19-34(22-44(87)53(38)91)62-60(98)58(96)56(94)47(26-85)117-62/h2-4,6-7,18-24,40-42,46-47,49-50,55-62,69,84-88,90-98H,5,8-17,25-30H2,1H3,(H,74,99)(H,75,100)(H,76,101)(H,77,102)(H,78,89)(H,79,103)(H,105,106)/t40-,41-,42-,46+,47+,49+,50+,55+,56+,57-,58-,59+,60+,61-,62-,69+/m0/s1. The summed E-state index contributed by atoms with van der Waals surface area (Å²) < 4.78 is 45.1. The third-order valence-corrected chi connectivity index (χ3v) is 20.6. The van der Waals surface area contributed by atoms with Crippen LogP contribution >= 0.6 is 11.8 Å². The van der Waals surface area contributed by atoms with Crippen LogP contribution in [-0.4, -0.2) is 325 Å². The molecule has 6 heterocycles. The summed E-state index contributed by atoms with van der Waals surface area (Å²) in [5.41, 5.74) is -2.45. The number of aliphatic carboxylic acids is 1. The van der Waals surface area contributed by atoms with Crippen LogP contribution in [0.3, 0.4) is 0 Å². The predicted molar refractivity (Wildman–Crippen MR) is 392 cm³/mol. The van der Waals surface area contributed by atoms with Gasteiger partial charge in [-0.3, -0.25) is 38.5 Å². The van der Waals surface area contributed by atoms with E-state index in [0.717, 1.165) is 36.4 Å². The van der Waals surface area contributed by atoms with Crippen LogP contribution < -0.4 is 31.9 Å². The number of carbonyl (C=O) groups excluding carboxylic acids is 10. The lowest BCUT2D eigenvalue weighted by atomic mass is 9.90. The van der Waals surface area contributed by atoms with E-state index in [1.165, 1.54) is 16.7 Å². The van der Waals surface area contributed by atoms with Crippen molar-refractivity contribution in [3.05, 3.63) is 129 Å². The predicted octanol–water partition coefficient (Wildman–Crippen LogP) is -5.70. The Balaban J connectivity index is 0.698. The fourth-order valence-corrected chi connectivity index (χ4v) is 14.2. The number of aryl methyl sites for hydroxylation is 1. The fourth-order valence-electron chi connectivity index (χ4n) is 12.9. The largest absolute Gasteiger partial charge is 0.504 e. The highest BCUT2D eigenvalue weighted by molar-refractivity contribution is 8.00. The van der Waals surface area contributed by atoms with E-state index in [9.17, 15) is 129 Å². The Morgan fingerprint density at radius 1 is 0.585 bits per heavy atom. The number of aromatic hydroxyl groups is 6. The lowest BCUT2D eigenvalue weighted by Crippen LogP contribution is -2.71. The number of hydrogen-bond acceptors (Lipinski definition) is 36. The molecule has 5 aromatic rings. The number of benzene rings is 4. The molecule has 638 valence electrons. The lowest BCUT2D eigenvalue weighted by molar-refractivity contribution is -0.231. The maximum absolute atomic E-state index is 14.1. The van der Waals surface area contributed by atoms with Gasteiger partial charge in [-0.1, -0.05) is 35.5 Å². The van der Waals surface area contributed by atoms with E-state index >= 15 is 0 Å². The first-order chi connectivity index (χ1) is 56.3. The number of aliphatic hydroxyl groups is 8. The third kappa shape index (κ3) is 21.1. The highest BCUT2D eigenvalue weighted by Crippen LogP contribution is 2.43. The molecular weight excluding hydrogens is 1590 g/mol. The van der Waals surface area contributed by atoms with Gasteiger partial charge >= 0.3 is 23.9 Å². The van der Waals surface area contributed by atoms with Gasteiger partial charge in [0, 0.05) is 30.5 Å². The first kappa shape index (κ1) is 88.9. The van der Waals surface area contributed by atoms with Crippen LogP contribution in [0.4, 0.5) is 0 Å². The Hall–Kier alpha value is -11.4. The fraction of sp³-hybridized carbons (Fsp3) is 0.466. The summed E-state index contributed by atoms with van der Waals surface area (Å²) in [5, 5.41) is 179. The smallest absolute Gasteiger partial charge is 0.352 e. The number of thioether (sulfide) groups is 1. The van der Waals surface area contributed by atoms with Crippen molar-refractivity contribution in [2.24, 2.45) is 0 Å². The molecule has 4 saturated heterocycles. The molecule has 4 aromatic carbocycles. The van der Waals surface area contributed by atoms with Crippen LogP contribution in [0.25, 0.3) is 0 Å². The quantitative estimate of drug-likeness (QED) is 0.00627. The summed E-state index contributed by atoms with van der Waals surface area (Å²) in [5.74, 6) is -19.6. The van der Waals surface area contributed by atoms with Gasteiger partial charge in [-0.25, -0.2) is 23.9 Å². The van der Waals surface area contributed by atoms with Crippen molar-refractivity contribution in [2.45, 2.75) is 129 Å². The molecule has 4 fully saturated rings. The molecule has 44 nitrogen and oxygen atoms in total. The summed E-state index contributed by atoms with van der Waals surface area (Å²) in [6.07, 6.45) is -15.7. The van der Waals surface area contributed by atoms with E-state index < -0.39 is 252 Å². The van der Waals surface area contributed by atoms with Crippen LogP contribution in [0, 0.1) is 0 Å². The minimum atomic E-state index is -2.26. The van der Waals surface area contributed by atoms with Crippen LogP contribution in [0.1, 0.15) is 102 Å². The number of ether oxygens (including phenoxy) is 8. The van der Waals surface area contributed by atoms with E-state index in [1.54, 1.807) is 48.1 Å². The SMILES string of the molecule is CC1=C(C(=O)O)N2C(=O)[C@@H](NC(=O)[C@H](NC(=O)CCCc3cn(CCOCCOCCOCCNC(=O)c4cc(O)c(O)c(C(=O)N[C@H]5COC(=O)[C@@H](NC(=O)c6cc([C@@H]7O[C@H](CO)[C@@H](O)[C@H](O)[C@H]7O)cc(O)c6O)COC(=O)[C@@H](NC(=O)c6cc([C@@H]7O[C@H](CO)[C@@H](O)[C@H](O)[C@H]7O)cc(O)c6O)COC5=O)c4)nn3)c3ccccc3)[C@H]2SC1. The van der Waals surface area contributed by atoms with Crippen molar-refractivity contribution < 1.29 is 167 Å². The lowest BCUT2D eigenvalue weighted by Gasteiger charge is -2.49. The molecule has 0 aliphatic carbocycles. The van der Waals surface area contributed by atoms with Gasteiger partial charge in [0.25, 0.3) is 29.5 Å². The van der Waals surface area contributed by atoms with Gasteiger partial charge < -0.3 is 146 Å². The van der Waals surface area contributed by atoms with Crippen molar-refractivity contribution in [1.82, 2.24) is 51.8 Å². The van der Waals surface area contributed by atoms with Crippen molar-refractivity contribution in [2.75, 3.05) is 85.0 Å². The number of carboxylic acids is 1. The molecule has 10 rings (SSSR count). The number of aromatic nitrogens is 3. The number of aliphatic hydroxyl groups excluding tert-OH is 8. The number of carboxylic acid groups (broad SMARTS) is 1. The zero-order chi connectivity index (χ0) is 85.5. The number of nitrogens with one attached hydrogen (secondary N) is 6. The van der Waals surface area contributed by atoms with Crippen LogP contribution in [-0.2, 0) is 84.4 Å². The first-order valence-electron chi connectivity index (χ1n) is 36.4. The Bertz CT molecular complexity index is 4470. The van der Waals surface area contributed by atoms with Crippen molar-refractivity contribution >= 4 is 77.0 Å². The van der Waals surface area contributed by atoms with Crippen molar-refractivity contribution in [1.29, 1.82) is 0 Å². The molecule has 5 aliphatic rings. The van der Waals surface area contributed by atoms with Gasteiger partial charge in [0.15, 0.2) is 52.6 Å². The van der Waals surface area contributed by atoms with Gasteiger partial charge in [-0.2, -0.15) is 0 Å². The molecule has 21 N–H and O–H groups in total. The molecule has 45 heteroatoms. The molecule has 7 amide bonds. The van der Waals surface area contributed by atoms with Gasteiger partial charge in [-0.15, -0.1) is 16.9 Å². The molecule has 0 saturated carbocycles. The first-order valence-corrected chi connectivity index (χ1v) is 37.5. The Kier molecular flexibility index (Phi) is 30.2. The number of fused-ring (bicyclic) bond motifs is 1. The number of phenolic OH excluding ortho intramolecular Hbond substituents is 6. The number of rotatable bonds is 32. The number of cyclic esters (lactones) is 3. The molecule has 0 spiro atoms. The summed E-state index contributed by atoms with van der Waals surface area (Å²) in [6, 6.07) is 4.20. The highest BCUT2D eigenvalue weighted by Gasteiger charge is 2.55. The number of carbonyl (C=O) groups is 11. The van der Waals surface area contributed by atoms with Crippen LogP contribution in [0.2, 0.25) is 0 Å². The number of esters is 3. The van der Waals surface area contributed by atoms with Crippen LogP contribution in [0.15, 0.2) is 84.2 Å². The van der Waals surface area contributed by atoms with E-state index in [0.29, 0.717) is 42.0 Å². The molecule has 0 radical (unpaired) electrons. The summed E-state index contributed by atoms with van der Waals surface area (Å²) >= 11 is 1.33. The molecule has 16 atom stereocenters. The Labute approximate surface area is 671 Å². The topological polar surface area (TPSA) is 671 Å². The Morgan fingerprint density at radius 2 is 1.06 bits per heavy atom. The molecule has 1 aromatic heterocycles. The van der Waals surface area contributed by atoms with Crippen molar-refractivity contribution in [3.8, 4) is 34.5 Å². The normalized spacial score (nSPS) is 25.0. The minimum absolute atomic E-state index is 0.0169. The maximum Gasteiger partial charge on any atom is 0.352 e. The second-order valence-electron chi connectivity index (χ2n) is 27.4. The maximum atomic E-state index is 14.1. The van der Waals surface area contributed by atoms with Gasteiger partial charge in [-0.05, 0) is 78.4 Å². The number of hydrogen-bond donors (Lipinski definition) is 21. The Morgan fingerprint density at radius 3 is 1.55 bits per heavy atom. The monoisotopic (exact) mass is 1680 g/mol. The summed E-state index contributed by atoms with van der Waals surface area (Å²) in [4.78, 5) is 151. The zero-order valence-electron chi connectivity index (χ0n) is 62.3. The van der Waals surface area contributed by atoms with Gasteiger partial charge in [0.2, 0.25) is 11.8 Å². The van der Waals surface area contributed by atoms with Crippen molar-refractivity contribution in [3.63, 3.8) is 0 Å². The van der Waals surface area contributed by atoms with E-state index in [2.05, 4.69) is 42.2 Å². The number of amides is 7. The second-order valence-corrected chi connectivity index (χ2v) is 28.5. The average Bonchev–Trinajstić information content (AvgIpc) is 0.807. The van der Waals surface area contributed by atoms with Gasteiger partial charge in [0.1, 0.15) is 104 Å². The highest BCUT2D eigenvalue weighted by atomic mass is 32.2. The molecule has 5 aliphatic heterocycles.